The van der Waals surface area contributed by atoms with Crippen LogP contribution in [0.5, 0.6) is 0 Å². The molecule has 1 nitrogen and oxygen atoms in total. The number of ether oxygens (including phenoxy) is 1. The molecule has 1 heteroatoms. The van der Waals surface area contributed by atoms with Crippen LogP contribution in [-0.2, 0) is 11.2 Å². The van der Waals surface area contributed by atoms with Crippen LogP contribution in [0.3, 0.4) is 0 Å². The average molecular weight is 176 g/mol. The number of hydrogen-bond donors (Lipinski definition) is 0. The van der Waals surface area contributed by atoms with Crippen LogP contribution in [0.1, 0.15) is 12.5 Å². The van der Waals surface area contributed by atoms with Crippen molar-refractivity contribution in [1.82, 2.24) is 0 Å². The number of hydrogen-bond acceptors (Lipinski definition) is 1. The third-order valence-electron chi connectivity index (χ3n) is 1.98. The molecule has 0 spiro atoms. The largest absolute Gasteiger partial charge is 0.378 e. The van der Waals surface area contributed by atoms with Crippen LogP contribution in [0.2, 0.25) is 0 Å². The zero-order chi connectivity index (χ0) is 9.52. The summed E-state index contributed by atoms with van der Waals surface area (Å²) in [4.78, 5) is 0. The van der Waals surface area contributed by atoms with E-state index in [-0.39, 0.29) is 6.10 Å². The highest BCUT2D eigenvalue weighted by molar-refractivity contribution is 5.17. The maximum Gasteiger partial charge on any atom is 0.0723 e. The molecular formula is C12H16O. The summed E-state index contributed by atoms with van der Waals surface area (Å²) >= 11 is 0. The Hall–Kier alpha value is -1.08. The van der Waals surface area contributed by atoms with Crippen LogP contribution >= 0.6 is 0 Å². The summed E-state index contributed by atoms with van der Waals surface area (Å²) in [6.07, 6.45) is 5.41. The van der Waals surface area contributed by atoms with E-state index in [4.69, 9.17) is 4.74 Å². The molecule has 1 unspecified atom stereocenters. The zero-order valence-electron chi connectivity index (χ0n) is 8.23. The monoisotopic (exact) mass is 176 g/mol. The fourth-order valence-electron chi connectivity index (χ4n) is 1.09. The van der Waals surface area contributed by atoms with E-state index in [0.29, 0.717) is 0 Å². The first-order chi connectivity index (χ1) is 6.33. The summed E-state index contributed by atoms with van der Waals surface area (Å²) < 4.78 is 5.10. The molecule has 0 bridgehead atoms. The van der Waals surface area contributed by atoms with Crippen molar-refractivity contribution in [3.05, 3.63) is 48.0 Å². The molecule has 0 aliphatic carbocycles. The normalized spacial score (nSPS) is 13.4. The molecular weight excluding hydrogens is 160 g/mol. The van der Waals surface area contributed by atoms with Crippen molar-refractivity contribution in [3.63, 3.8) is 0 Å². The topological polar surface area (TPSA) is 9.23 Å². The maximum atomic E-state index is 5.10. The van der Waals surface area contributed by atoms with Gasteiger partial charge in [-0.25, -0.2) is 0 Å². The highest BCUT2D eigenvalue weighted by atomic mass is 16.5. The van der Waals surface area contributed by atoms with Crippen molar-refractivity contribution in [2.24, 2.45) is 0 Å². The quantitative estimate of drug-likeness (QED) is 0.641. The lowest BCUT2D eigenvalue weighted by molar-refractivity contribution is 0.156. The van der Waals surface area contributed by atoms with Gasteiger partial charge >= 0.3 is 0 Å². The van der Waals surface area contributed by atoms with Crippen LogP contribution < -0.4 is 0 Å². The third kappa shape index (κ3) is 3.90. The lowest BCUT2D eigenvalue weighted by atomic mass is 10.1. The van der Waals surface area contributed by atoms with Crippen LogP contribution in [0.4, 0.5) is 0 Å². The summed E-state index contributed by atoms with van der Waals surface area (Å²) in [6.45, 7) is 2.03. The van der Waals surface area contributed by atoms with E-state index >= 15 is 0 Å². The fraction of sp³-hybridized carbons (Fsp3) is 0.333. The van der Waals surface area contributed by atoms with Gasteiger partial charge in [-0.2, -0.15) is 0 Å². The second-order valence-electron chi connectivity index (χ2n) is 3.06. The predicted molar refractivity (Wildman–Crippen MR) is 55.8 cm³/mol. The molecule has 0 radical (unpaired) electrons. The molecule has 1 atom stereocenters. The van der Waals surface area contributed by atoms with Crippen molar-refractivity contribution in [2.45, 2.75) is 19.4 Å². The molecule has 1 aromatic rings. The van der Waals surface area contributed by atoms with Gasteiger partial charge in [0.1, 0.15) is 0 Å². The van der Waals surface area contributed by atoms with Crippen molar-refractivity contribution in [3.8, 4) is 0 Å². The lowest BCUT2D eigenvalue weighted by Gasteiger charge is -2.01. The fourth-order valence-corrected chi connectivity index (χ4v) is 1.09. The van der Waals surface area contributed by atoms with Gasteiger partial charge in [-0.05, 0) is 18.9 Å². The van der Waals surface area contributed by atoms with E-state index in [2.05, 4.69) is 36.4 Å². The van der Waals surface area contributed by atoms with Gasteiger partial charge in [0.2, 0.25) is 0 Å². The molecule has 1 rings (SSSR count). The van der Waals surface area contributed by atoms with Crippen LogP contribution in [0.15, 0.2) is 42.5 Å². The van der Waals surface area contributed by atoms with E-state index in [1.807, 2.05) is 13.0 Å². The highest BCUT2D eigenvalue weighted by Gasteiger charge is 1.90. The minimum atomic E-state index is 0.212. The molecule has 0 N–H and O–H groups in total. The van der Waals surface area contributed by atoms with Crippen molar-refractivity contribution < 1.29 is 4.74 Å². The van der Waals surface area contributed by atoms with Gasteiger partial charge < -0.3 is 4.74 Å². The first-order valence-corrected chi connectivity index (χ1v) is 4.56. The summed E-state index contributed by atoms with van der Waals surface area (Å²) in [5, 5.41) is 0. The molecule has 1 aromatic carbocycles. The Morgan fingerprint density at radius 2 is 2.00 bits per heavy atom. The van der Waals surface area contributed by atoms with Crippen LogP contribution in [-0.4, -0.2) is 13.2 Å². The molecule has 0 amide bonds. The minimum Gasteiger partial charge on any atom is -0.378 e. The summed E-state index contributed by atoms with van der Waals surface area (Å²) in [5.74, 6) is 0. The number of benzene rings is 1. The van der Waals surface area contributed by atoms with Gasteiger partial charge in [-0.15, -0.1) is 0 Å². The Morgan fingerprint density at radius 1 is 1.31 bits per heavy atom. The van der Waals surface area contributed by atoms with Gasteiger partial charge in [-0.3, -0.25) is 0 Å². The molecule has 0 aliphatic heterocycles. The minimum absolute atomic E-state index is 0.212. The third-order valence-corrected chi connectivity index (χ3v) is 1.98. The molecule has 0 aliphatic rings. The van der Waals surface area contributed by atoms with Gasteiger partial charge in [0.25, 0.3) is 0 Å². The van der Waals surface area contributed by atoms with E-state index in [0.717, 1.165) is 6.42 Å². The van der Waals surface area contributed by atoms with E-state index < -0.39 is 0 Å². The Balaban J connectivity index is 2.39. The SMILES string of the molecule is COC(C)/C=C/Cc1ccccc1. The van der Waals surface area contributed by atoms with Gasteiger partial charge in [0.05, 0.1) is 6.10 Å². The summed E-state index contributed by atoms with van der Waals surface area (Å²) in [5.41, 5.74) is 1.34. The van der Waals surface area contributed by atoms with Gasteiger partial charge in [0.15, 0.2) is 0 Å². The molecule has 0 aromatic heterocycles. The Kier molecular flexibility index (Phi) is 4.27. The molecule has 0 saturated carbocycles. The predicted octanol–water partition coefficient (Wildman–Crippen LogP) is 2.82. The Labute approximate surface area is 80.0 Å². The second kappa shape index (κ2) is 5.55. The van der Waals surface area contributed by atoms with Gasteiger partial charge in [0, 0.05) is 7.11 Å². The molecule has 70 valence electrons. The molecule has 13 heavy (non-hydrogen) atoms. The van der Waals surface area contributed by atoms with Crippen molar-refractivity contribution >= 4 is 0 Å². The first-order valence-electron chi connectivity index (χ1n) is 4.56. The zero-order valence-corrected chi connectivity index (χ0v) is 8.23. The standard InChI is InChI=1S/C12H16O/c1-11(13-2)7-6-10-12-8-4-3-5-9-12/h3-9,11H,10H2,1-2H3/b7-6+. The smallest absolute Gasteiger partial charge is 0.0723 e. The number of rotatable bonds is 4. The Bertz CT molecular complexity index is 251. The molecule has 0 fully saturated rings. The highest BCUT2D eigenvalue weighted by Crippen LogP contribution is 2.01. The van der Waals surface area contributed by atoms with Crippen LogP contribution in [0.25, 0.3) is 0 Å². The average Bonchev–Trinajstić information content (AvgIpc) is 2.19. The lowest BCUT2D eigenvalue weighted by Crippen LogP contribution is -1.98. The number of methoxy groups -OCH3 is 1. The molecule has 0 heterocycles. The summed E-state index contributed by atoms with van der Waals surface area (Å²) in [6, 6.07) is 10.4. The first kappa shape index (κ1) is 10.0. The maximum absolute atomic E-state index is 5.10. The van der Waals surface area contributed by atoms with Crippen LogP contribution in [0, 0.1) is 0 Å². The summed E-state index contributed by atoms with van der Waals surface area (Å²) in [7, 11) is 1.72. The van der Waals surface area contributed by atoms with Gasteiger partial charge in [-0.1, -0.05) is 42.5 Å². The Morgan fingerprint density at radius 3 is 2.62 bits per heavy atom. The van der Waals surface area contributed by atoms with Crippen molar-refractivity contribution in [2.75, 3.05) is 7.11 Å². The van der Waals surface area contributed by atoms with E-state index in [9.17, 15) is 0 Å². The van der Waals surface area contributed by atoms with E-state index in [1.165, 1.54) is 5.56 Å². The van der Waals surface area contributed by atoms with Crippen molar-refractivity contribution in [1.29, 1.82) is 0 Å². The number of allylic oxidation sites excluding steroid dienone is 1. The van der Waals surface area contributed by atoms with E-state index in [1.54, 1.807) is 7.11 Å². The second-order valence-corrected chi connectivity index (χ2v) is 3.06. The molecule has 0 saturated heterocycles.